The lowest BCUT2D eigenvalue weighted by molar-refractivity contribution is -0.144. The van der Waals surface area contributed by atoms with E-state index in [1.165, 1.54) is 25.1 Å². The average Bonchev–Trinajstić information content (AvgIpc) is 2.41. The van der Waals surface area contributed by atoms with Gasteiger partial charge in [-0.15, -0.1) is 0 Å². The molecule has 1 aromatic rings. The minimum Gasteiger partial charge on any atom is -0.481 e. The Bertz CT molecular complexity index is 557. The molecule has 1 amide bonds. The number of carbonyl (C=O) groups excluding carboxylic acids is 1. The molecule has 0 fully saturated rings. The first-order chi connectivity index (χ1) is 10.2. The summed E-state index contributed by atoms with van der Waals surface area (Å²) in [6.07, 6.45) is -4.94. The molecule has 0 aliphatic rings. The molecule has 0 bridgehead atoms. The molecule has 2 N–H and O–H groups in total. The number of alkyl halides is 2. The van der Waals surface area contributed by atoms with Crippen LogP contribution in [0.1, 0.15) is 13.3 Å². The fourth-order valence-corrected chi connectivity index (χ4v) is 1.78. The molecule has 0 aliphatic heterocycles. The van der Waals surface area contributed by atoms with E-state index in [0.717, 1.165) is 0 Å². The maximum absolute atomic E-state index is 12.3. The highest BCUT2D eigenvalue weighted by Crippen LogP contribution is 2.26. The van der Waals surface area contributed by atoms with Crippen LogP contribution in [0.4, 0.5) is 8.78 Å². The zero-order valence-electron chi connectivity index (χ0n) is 11.4. The van der Waals surface area contributed by atoms with Crippen LogP contribution in [0.15, 0.2) is 18.2 Å². The summed E-state index contributed by atoms with van der Waals surface area (Å²) in [7, 11) is 0. The van der Waals surface area contributed by atoms with Gasteiger partial charge in [-0.3, -0.25) is 4.79 Å². The third-order valence-electron chi connectivity index (χ3n) is 2.60. The van der Waals surface area contributed by atoms with E-state index in [4.69, 9.17) is 33.0 Å². The van der Waals surface area contributed by atoms with Crippen molar-refractivity contribution in [3.05, 3.63) is 28.2 Å². The minimum atomic E-state index is -2.85. The number of carbonyl (C=O) groups is 2. The smallest absolute Gasteiger partial charge is 0.326 e. The fraction of sp³-hybridized carbons (Fsp3) is 0.385. The Morgan fingerprint density at radius 2 is 1.95 bits per heavy atom. The van der Waals surface area contributed by atoms with Crippen LogP contribution in [0.25, 0.3) is 0 Å². The lowest BCUT2D eigenvalue weighted by Crippen LogP contribution is -2.47. The number of amides is 1. The fourth-order valence-electron chi connectivity index (χ4n) is 1.50. The third kappa shape index (κ3) is 5.65. The lowest BCUT2D eigenvalue weighted by Gasteiger charge is -2.18. The summed E-state index contributed by atoms with van der Waals surface area (Å²) in [5, 5.41) is 11.3. The van der Waals surface area contributed by atoms with Gasteiger partial charge in [-0.2, -0.15) is 0 Å². The molecule has 0 saturated heterocycles. The van der Waals surface area contributed by atoms with Crippen molar-refractivity contribution in [2.24, 2.45) is 0 Å². The Morgan fingerprint density at radius 1 is 1.32 bits per heavy atom. The Hall–Kier alpha value is -1.60. The van der Waals surface area contributed by atoms with Gasteiger partial charge in [0.15, 0.2) is 6.10 Å². The van der Waals surface area contributed by atoms with Crippen molar-refractivity contribution in [3.63, 3.8) is 0 Å². The van der Waals surface area contributed by atoms with Gasteiger partial charge in [0.05, 0.1) is 10.0 Å². The zero-order chi connectivity index (χ0) is 16.9. The quantitative estimate of drug-likeness (QED) is 0.788. The summed E-state index contributed by atoms with van der Waals surface area (Å²) >= 11 is 11.5. The van der Waals surface area contributed by atoms with Crippen molar-refractivity contribution < 1.29 is 28.2 Å². The van der Waals surface area contributed by atoms with Gasteiger partial charge in [-0.1, -0.05) is 23.2 Å². The first kappa shape index (κ1) is 18.4. The number of carboxylic acids is 1. The largest absolute Gasteiger partial charge is 0.481 e. The van der Waals surface area contributed by atoms with Crippen LogP contribution in [0.2, 0.25) is 10.0 Å². The molecule has 22 heavy (non-hydrogen) atoms. The molecule has 1 rings (SSSR count). The van der Waals surface area contributed by atoms with Crippen LogP contribution in [-0.2, 0) is 9.59 Å². The number of halogens is 4. The Labute approximate surface area is 135 Å². The third-order valence-corrected chi connectivity index (χ3v) is 3.34. The second kappa shape index (κ2) is 8.14. The number of rotatable bonds is 7. The highest BCUT2D eigenvalue weighted by atomic mass is 35.5. The summed E-state index contributed by atoms with van der Waals surface area (Å²) in [5.74, 6) is -2.15. The molecule has 2 unspecified atom stereocenters. The van der Waals surface area contributed by atoms with Crippen LogP contribution < -0.4 is 10.1 Å². The number of hydrogen-bond donors (Lipinski definition) is 2. The number of carboxylic acid groups (broad SMARTS) is 1. The van der Waals surface area contributed by atoms with E-state index in [2.05, 4.69) is 0 Å². The van der Waals surface area contributed by atoms with Gasteiger partial charge in [0.1, 0.15) is 11.8 Å². The molecule has 2 atom stereocenters. The first-order valence-corrected chi connectivity index (χ1v) is 6.89. The minimum absolute atomic E-state index is 0.216. The topological polar surface area (TPSA) is 75.6 Å². The summed E-state index contributed by atoms with van der Waals surface area (Å²) < 4.78 is 29.8. The first-order valence-electron chi connectivity index (χ1n) is 6.13. The van der Waals surface area contributed by atoms with Crippen molar-refractivity contribution in [3.8, 4) is 5.75 Å². The maximum atomic E-state index is 12.3. The van der Waals surface area contributed by atoms with Crippen molar-refractivity contribution in [2.45, 2.75) is 31.9 Å². The number of ether oxygens (including phenoxy) is 1. The summed E-state index contributed by atoms with van der Waals surface area (Å²) in [5.41, 5.74) is 0. The van der Waals surface area contributed by atoms with E-state index in [1.807, 2.05) is 5.32 Å². The molecule has 9 heteroatoms. The number of aliphatic carboxylic acids is 1. The normalized spacial score (nSPS) is 13.5. The Balaban J connectivity index is 2.67. The van der Waals surface area contributed by atoms with E-state index in [-0.39, 0.29) is 10.8 Å². The molecular weight excluding hydrogens is 343 g/mol. The summed E-state index contributed by atoms with van der Waals surface area (Å²) in [4.78, 5) is 22.6. The molecule has 1 aromatic carbocycles. The van der Waals surface area contributed by atoms with Crippen molar-refractivity contribution in [1.82, 2.24) is 5.32 Å². The van der Waals surface area contributed by atoms with Gasteiger partial charge in [0.25, 0.3) is 5.91 Å². The summed E-state index contributed by atoms with van der Waals surface area (Å²) in [6, 6.07) is 2.61. The highest BCUT2D eigenvalue weighted by molar-refractivity contribution is 6.42. The predicted molar refractivity (Wildman–Crippen MR) is 76.7 cm³/mol. The van der Waals surface area contributed by atoms with Gasteiger partial charge in [-0.05, 0) is 19.1 Å². The standard InChI is InChI=1S/C13H13Cl2F2NO4/c1-6(22-7-2-3-8(14)9(15)4-7)12(19)18-10(13(20)21)5-11(16)17/h2-4,6,10-11H,5H2,1H3,(H,18,19)(H,20,21). The zero-order valence-corrected chi connectivity index (χ0v) is 12.9. The van der Waals surface area contributed by atoms with E-state index < -0.39 is 36.9 Å². The predicted octanol–water partition coefficient (Wildman–Crippen LogP) is 2.99. The molecule has 122 valence electrons. The van der Waals surface area contributed by atoms with E-state index in [1.54, 1.807) is 0 Å². The second-order valence-corrected chi connectivity index (χ2v) is 5.18. The molecule has 0 saturated carbocycles. The summed E-state index contributed by atoms with van der Waals surface area (Å²) in [6.45, 7) is 1.35. The van der Waals surface area contributed by atoms with E-state index in [9.17, 15) is 18.4 Å². The van der Waals surface area contributed by atoms with Crippen LogP contribution >= 0.6 is 23.2 Å². The second-order valence-electron chi connectivity index (χ2n) is 4.36. The molecule has 0 heterocycles. The van der Waals surface area contributed by atoms with Crippen molar-refractivity contribution >= 4 is 35.1 Å². The SMILES string of the molecule is CC(Oc1ccc(Cl)c(Cl)c1)C(=O)NC(CC(F)F)C(=O)O. The molecule has 0 aliphatic carbocycles. The number of hydrogen-bond acceptors (Lipinski definition) is 3. The molecule has 0 radical (unpaired) electrons. The van der Waals surface area contributed by atoms with Crippen LogP contribution in [-0.4, -0.2) is 35.6 Å². The van der Waals surface area contributed by atoms with Gasteiger partial charge in [-0.25, -0.2) is 13.6 Å². The van der Waals surface area contributed by atoms with Gasteiger partial charge in [0, 0.05) is 12.5 Å². The monoisotopic (exact) mass is 355 g/mol. The lowest BCUT2D eigenvalue weighted by atomic mass is 10.2. The van der Waals surface area contributed by atoms with E-state index >= 15 is 0 Å². The van der Waals surface area contributed by atoms with Gasteiger partial charge < -0.3 is 15.2 Å². The molecular formula is C13H13Cl2F2NO4. The van der Waals surface area contributed by atoms with Gasteiger partial charge in [0.2, 0.25) is 6.43 Å². The van der Waals surface area contributed by atoms with Crippen molar-refractivity contribution in [2.75, 3.05) is 0 Å². The molecule has 0 spiro atoms. The van der Waals surface area contributed by atoms with Crippen LogP contribution in [0, 0.1) is 0 Å². The van der Waals surface area contributed by atoms with Crippen LogP contribution in [0.3, 0.4) is 0 Å². The molecule has 0 aromatic heterocycles. The van der Waals surface area contributed by atoms with E-state index in [0.29, 0.717) is 5.02 Å². The molecule has 5 nitrogen and oxygen atoms in total. The van der Waals surface area contributed by atoms with Gasteiger partial charge >= 0.3 is 5.97 Å². The number of nitrogens with one attached hydrogen (secondary N) is 1. The van der Waals surface area contributed by atoms with Crippen LogP contribution in [0.5, 0.6) is 5.75 Å². The van der Waals surface area contributed by atoms with Crippen molar-refractivity contribution in [1.29, 1.82) is 0 Å². The Kier molecular flexibility index (Phi) is 6.83. The highest BCUT2D eigenvalue weighted by Gasteiger charge is 2.26. The number of benzene rings is 1. The Morgan fingerprint density at radius 3 is 2.45 bits per heavy atom. The average molecular weight is 356 g/mol. The maximum Gasteiger partial charge on any atom is 0.326 e.